The Bertz CT molecular complexity index is 524. The molecule has 2 aliphatic rings. The SMILES string of the molecule is CCc1ncc(OC2CC2)cc1B1OC(C)(C)C(C)(C)O1. The highest BCUT2D eigenvalue weighted by molar-refractivity contribution is 6.62. The number of aryl methyl sites for hydroxylation is 1. The van der Waals surface area contributed by atoms with Crippen molar-refractivity contribution in [3.8, 4) is 5.75 Å². The first-order chi connectivity index (χ1) is 9.82. The summed E-state index contributed by atoms with van der Waals surface area (Å²) in [6.07, 6.45) is 5.31. The van der Waals surface area contributed by atoms with Crippen LogP contribution in [-0.4, -0.2) is 29.4 Å². The fraction of sp³-hybridized carbons (Fsp3) is 0.688. The molecule has 4 nitrogen and oxygen atoms in total. The van der Waals surface area contributed by atoms with Gasteiger partial charge < -0.3 is 14.0 Å². The molecule has 1 saturated carbocycles. The monoisotopic (exact) mass is 289 g/mol. The molecule has 1 aliphatic heterocycles. The Balaban J connectivity index is 1.89. The third kappa shape index (κ3) is 2.81. The highest BCUT2D eigenvalue weighted by Crippen LogP contribution is 2.37. The molecule has 0 aromatic carbocycles. The van der Waals surface area contributed by atoms with Gasteiger partial charge in [-0.1, -0.05) is 6.92 Å². The number of nitrogens with zero attached hydrogens (tertiary/aromatic N) is 1. The van der Waals surface area contributed by atoms with Gasteiger partial charge in [-0.3, -0.25) is 4.98 Å². The van der Waals surface area contributed by atoms with E-state index in [2.05, 4.69) is 39.6 Å². The maximum absolute atomic E-state index is 6.15. The highest BCUT2D eigenvalue weighted by atomic mass is 16.7. The van der Waals surface area contributed by atoms with E-state index in [1.807, 2.05) is 12.3 Å². The fourth-order valence-electron chi connectivity index (χ4n) is 2.40. The van der Waals surface area contributed by atoms with Gasteiger partial charge in [-0.15, -0.1) is 0 Å². The van der Waals surface area contributed by atoms with E-state index in [1.54, 1.807) is 0 Å². The minimum atomic E-state index is -0.375. The molecular formula is C16H24BNO3. The lowest BCUT2D eigenvalue weighted by Gasteiger charge is -2.32. The van der Waals surface area contributed by atoms with E-state index < -0.39 is 0 Å². The standard InChI is InChI=1S/C16H24BNO3/c1-6-14-13(9-12(10-18-14)19-11-7-8-11)17-20-15(2,3)16(4,5)21-17/h9-11H,6-8H2,1-5H3. The fourth-order valence-corrected chi connectivity index (χ4v) is 2.40. The summed E-state index contributed by atoms with van der Waals surface area (Å²) in [5, 5.41) is 0. The molecule has 1 saturated heterocycles. The van der Waals surface area contributed by atoms with Crippen LogP contribution in [0.4, 0.5) is 0 Å². The number of aromatic nitrogens is 1. The Kier molecular flexibility index (Phi) is 3.53. The van der Waals surface area contributed by atoms with Gasteiger partial charge in [0.15, 0.2) is 0 Å². The zero-order valence-electron chi connectivity index (χ0n) is 13.6. The highest BCUT2D eigenvalue weighted by Gasteiger charge is 2.52. The molecule has 0 bridgehead atoms. The average Bonchev–Trinajstić information content (AvgIpc) is 3.17. The van der Waals surface area contributed by atoms with Crippen LogP contribution in [0.25, 0.3) is 0 Å². The van der Waals surface area contributed by atoms with E-state index in [4.69, 9.17) is 14.0 Å². The van der Waals surface area contributed by atoms with E-state index >= 15 is 0 Å². The van der Waals surface area contributed by atoms with Crippen LogP contribution < -0.4 is 10.2 Å². The van der Waals surface area contributed by atoms with Crippen molar-refractivity contribution in [1.29, 1.82) is 0 Å². The van der Waals surface area contributed by atoms with Crippen LogP contribution in [0.3, 0.4) is 0 Å². The van der Waals surface area contributed by atoms with Crippen molar-refractivity contribution in [1.82, 2.24) is 4.98 Å². The summed E-state index contributed by atoms with van der Waals surface area (Å²) in [4.78, 5) is 4.53. The predicted octanol–water partition coefficient (Wildman–Crippen LogP) is 2.48. The van der Waals surface area contributed by atoms with Crippen LogP contribution in [0.15, 0.2) is 12.3 Å². The van der Waals surface area contributed by atoms with Gasteiger partial charge in [0.1, 0.15) is 5.75 Å². The quantitative estimate of drug-likeness (QED) is 0.798. The zero-order chi connectivity index (χ0) is 15.3. The predicted molar refractivity (Wildman–Crippen MR) is 83.0 cm³/mol. The molecule has 0 spiro atoms. The Morgan fingerprint density at radius 1 is 1.24 bits per heavy atom. The lowest BCUT2D eigenvalue weighted by molar-refractivity contribution is 0.00578. The van der Waals surface area contributed by atoms with Crippen molar-refractivity contribution in [2.75, 3.05) is 0 Å². The lowest BCUT2D eigenvalue weighted by atomic mass is 9.77. The van der Waals surface area contributed by atoms with Crippen LogP contribution in [0.1, 0.15) is 53.2 Å². The zero-order valence-corrected chi connectivity index (χ0v) is 13.6. The first-order valence-electron chi connectivity index (χ1n) is 7.83. The summed E-state index contributed by atoms with van der Waals surface area (Å²) in [7, 11) is -0.375. The van der Waals surface area contributed by atoms with E-state index in [-0.39, 0.29) is 18.3 Å². The molecule has 114 valence electrons. The van der Waals surface area contributed by atoms with Gasteiger partial charge in [-0.25, -0.2) is 0 Å². The normalized spacial score (nSPS) is 23.4. The molecule has 0 unspecified atom stereocenters. The molecule has 0 atom stereocenters. The van der Waals surface area contributed by atoms with Crippen LogP contribution in [0.2, 0.25) is 0 Å². The third-order valence-electron chi connectivity index (χ3n) is 4.65. The molecule has 3 rings (SSSR count). The van der Waals surface area contributed by atoms with Gasteiger partial charge in [-0.05, 0) is 53.0 Å². The molecule has 1 aliphatic carbocycles. The van der Waals surface area contributed by atoms with E-state index in [1.165, 1.54) is 0 Å². The number of ether oxygens (including phenoxy) is 1. The van der Waals surface area contributed by atoms with Crippen LogP contribution in [0.5, 0.6) is 5.75 Å². The van der Waals surface area contributed by atoms with E-state index in [0.717, 1.165) is 36.2 Å². The molecule has 21 heavy (non-hydrogen) atoms. The van der Waals surface area contributed by atoms with Crippen molar-refractivity contribution >= 4 is 12.6 Å². The smallest absolute Gasteiger partial charge is 0.489 e. The maximum Gasteiger partial charge on any atom is 0.496 e. The molecular weight excluding hydrogens is 265 g/mol. The molecule has 0 amide bonds. The van der Waals surface area contributed by atoms with Gasteiger partial charge in [0.05, 0.1) is 23.5 Å². The van der Waals surface area contributed by atoms with Crippen molar-refractivity contribution in [3.63, 3.8) is 0 Å². The molecule has 2 fully saturated rings. The van der Waals surface area contributed by atoms with E-state index in [0.29, 0.717) is 6.10 Å². The molecule has 1 aromatic heterocycles. The molecule has 1 aromatic rings. The van der Waals surface area contributed by atoms with Gasteiger partial charge in [0.2, 0.25) is 0 Å². The van der Waals surface area contributed by atoms with Crippen molar-refractivity contribution in [3.05, 3.63) is 18.0 Å². The summed E-state index contributed by atoms with van der Waals surface area (Å²) < 4.78 is 18.2. The van der Waals surface area contributed by atoms with Crippen LogP contribution >= 0.6 is 0 Å². The van der Waals surface area contributed by atoms with Gasteiger partial charge >= 0.3 is 7.12 Å². The first-order valence-corrected chi connectivity index (χ1v) is 7.83. The number of rotatable bonds is 4. The van der Waals surface area contributed by atoms with Gasteiger partial charge in [0, 0.05) is 11.2 Å². The van der Waals surface area contributed by atoms with E-state index in [9.17, 15) is 0 Å². The Morgan fingerprint density at radius 3 is 2.38 bits per heavy atom. The maximum atomic E-state index is 6.15. The van der Waals surface area contributed by atoms with Crippen LogP contribution in [0, 0.1) is 0 Å². The second-order valence-corrected chi connectivity index (χ2v) is 6.97. The summed E-state index contributed by atoms with van der Waals surface area (Å²) >= 11 is 0. The first kappa shape index (κ1) is 14.9. The van der Waals surface area contributed by atoms with Gasteiger partial charge in [0.25, 0.3) is 0 Å². The Hall–Kier alpha value is -1.07. The minimum absolute atomic E-state index is 0.337. The minimum Gasteiger partial charge on any atom is -0.489 e. The summed E-state index contributed by atoms with van der Waals surface area (Å²) in [6.45, 7) is 10.4. The van der Waals surface area contributed by atoms with Crippen LogP contribution in [-0.2, 0) is 15.7 Å². The number of hydrogen-bond acceptors (Lipinski definition) is 4. The number of hydrogen-bond donors (Lipinski definition) is 0. The van der Waals surface area contributed by atoms with Crippen molar-refractivity contribution in [2.45, 2.75) is 71.2 Å². The number of pyridine rings is 1. The summed E-state index contributed by atoms with van der Waals surface area (Å²) in [5.74, 6) is 0.819. The Morgan fingerprint density at radius 2 is 1.86 bits per heavy atom. The molecule has 5 heteroatoms. The second-order valence-electron chi connectivity index (χ2n) is 6.97. The van der Waals surface area contributed by atoms with Crippen molar-refractivity contribution in [2.24, 2.45) is 0 Å². The molecule has 0 radical (unpaired) electrons. The third-order valence-corrected chi connectivity index (χ3v) is 4.65. The Labute approximate surface area is 127 Å². The second kappa shape index (κ2) is 4.99. The topological polar surface area (TPSA) is 40.6 Å². The molecule has 2 heterocycles. The van der Waals surface area contributed by atoms with Gasteiger partial charge in [-0.2, -0.15) is 0 Å². The lowest BCUT2D eigenvalue weighted by Crippen LogP contribution is -2.41. The average molecular weight is 289 g/mol. The largest absolute Gasteiger partial charge is 0.496 e. The van der Waals surface area contributed by atoms with Crippen molar-refractivity contribution < 1.29 is 14.0 Å². The molecule has 0 N–H and O–H groups in total. The summed E-state index contributed by atoms with van der Waals surface area (Å²) in [6, 6.07) is 2.03. The summed E-state index contributed by atoms with van der Waals surface area (Å²) in [5.41, 5.74) is 1.33.